The SMILES string of the molecule is CC1=N[C@@H](c2[c-]cccc2)CO1.CC1=N[C@@H](c2ccccc2P(C)C)CO1.CC1=N[C@@H](c2ccccc2P(C)C)CO1.CC1=N[C@@H](c2ccccc2P(C2CCCCC2)C2CCCCC2)CO1.CC1=N[C@@H](c2ccccc2P2[C@H](C)CC[C@H]2C)CO1.CC1=N[C@@H](c2ccccc2Pc2cc(C)cc(C)c2)CO1.[CH2-]CCC.[CH2-]CCC.[Pt]. The Kier molecular flexibility index (Phi) is 41.6. The molecule has 0 amide bonds. The van der Waals surface area contributed by atoms with E-state index in [0.717, 1.165) is 89.6 Å². The number of ether oxygens (including phenoxy) is 6. The van der Waals surface area contributed by atoms with Gasteiger partial charge in [-0.3, -0.25) is 0 Å². The smallest absolute Gasteiger partial charge is 0.180 e. The first-order chi connectivity index (χ1) is 55.7. The molecule has 2 saturated carbocycles. The monoisotopic (exact) mass is 1840 g/mol. The molecular weight excluding hydrogens is 1710 g/mol. The van der Waals surface area contributed by atoms with E-state index < -0.39 is 0 Å². The molecule has 16 rings (SSSR count). The number of aryl methyl sites for hydroxylation is 2. The van der Waals surface area contributed by atoms with Gasteiger partial charge in [-0.05, 0) is 161 Å². The zero-order valence-corrected chi connectivity index (χ0v) is 79.4. The Morgan fingerprint density at radius 2 is 0.724 bits per heavy atom. The summed E-state index contributed by atoms with van der Waals surface area (Å²) in [5.41, 5.74) is 14.2. The Morgan fingerprint density at radius 3 is 1.09 bits per heavy atom. The van der Waals surface area contributed by atoms with E-state index in [1.165, 1.54) is 150 Å². The molecule has 2 aliphatic carbocycles. The molecule has 3 fully saturated rings. The Labute approximate surface area is 721 Å². The third-order valence-corrected chi connectivity index (χ3v) is 32.9. The largest absolute Gasteiger partial charge is 0.479 e. The number of nitrogens with zero attached hydrogens (tertiary/aromatic N) is 6. The van der Waals surface area contributed by atoms with Gasteiger partial charge in [0, 0.05) is 62.6 Å². The summed E-state index contributed by atoms with van der Waals surface area (Å²) in [6.45, 7) is 45.5. The summed E-state index contributed by atoms with van der Waals surface area (Å²) in [5, 5.41) is 8.89. The molecule has 0 N–H and O–H groups in total. The van der Waals surface area contributed by atoms with Crippen LogP contribution in [0.25, 0.3) is 0 Å². The van der Waals surface area contributed by atoms with Crippen LogP contribution in [-0.4, -0.2) is 124 Å². The topological polar surface area (TPSA) is 130 Å². The third kappa shape index (κ3) is 29.2. The van der Waals surface area contributed by atoms with Crippen molar-refractivity contribution in [1.29, 1.82) is 0 Å². The van der Waals surface area contributed by atoms with Gasteiger partial charge in [-0.1, -0.05) is 270 Å². The summed E-state index contributed by atoms with van der Waals surface area (Å²) < 4.78 is 32.8. The van der Waals surface area contributed by atoms with Crippen molar-refractivity contribution in [2.45, 2.75) is 245 Å². The van der Waals surface area contributed by atoms with Gasteiger partial charge < -0.3 is 42.3 Å². The Balaban J connectivity index is 0.000000172. The third-order valence-electron chi connectivity index (χ3n) is 21.9. The van der Waals surface area contributed by atoms with Gasteiger partial charge in [0.2, 0.25) is 0 Å². The average molecular weight is 1840 g/mol. The van der Waals surface area contributed by atoms with Gasteiger partial charge in [0.25, 0.3) is 0 Å². The first kappa shape index (κ1) is 95.7. The molecule has 9 aliphatic rings. The Hall–Kier alpha value is -5.80. The normalized spacial score (nSPS) is 22.0. The predicted molar refractivity (Wildman–Crippen MR) is 504 cm³/mol. The molecule has 0 spiro atoms. The van der Waals surface area contributed by atoms with Crippen LogP contribution < -0.4 is 31.8 Å². The van der Waals surface area contributed by atoms with Crippen molar-refractivity contribution in [2.75, 3.05) is 66.3 Å². The molecule has 0 radical (unpaired) electrons. The molecule has 1 saturated heterocycles. The van der Waals surface area contributed by atoms with E-state index in [0.29, 0.717) is 35.0 Å². The maximum Gasteiger partial charge on any atom is 0.180 e. The van der Waals surface area contributed by atoms with Crippen molar-refractivity contribution >= 4 is 107 Å². The van der Waals surface area contributed by atoms with E-state index in [1.54, 1.807) is 10.6 Å². The minimum absolute atomic E-state index is 0. The van der Waals surface area contributed by atoms with E-state index in [2.05, 4.69) is 253 Å². The van der Waals surface area contributed by atoms with Crippen molar-refractivity contribution in [3.63, 3.8) is 0 Å². The quantitative estimate of drug-likeness (QED) is 0.0700. The van der Waals surface area contributed by atoms with E-state index in [1.807, 2.05) is 65.8 Å². The molecule has 18 heteroatoms. The molecule has 7 aliphatic heterocycles. The van der Waals surface area contributed by atoms with Gasteiger partial charge >= 0.3 is 0 Å². The van der Waals surface area contributed by atoms with Crippen molar-refractivity contribution in [3.8, 4) is 0 Å². The van der Waals surface area contributed by atoms with E-state index in [-0.39, 0.29) is 89.0 Å². The molecule has 116 heavy (non-hydrogen) atoms. The summed E-state index contributed by atoms with van der Waals surface area (Å²) in [6.07, 6.45) is 21.8. The van der Waals surface area contributed by atoms with Gasteiger partial charge in [0.05, 0.1) is 6.04 Å². The van der Waals surface area contributed by atoms with Crippen LogP contribution in [0, 0.1) is 33.8 Å². The van der Waals surface area contributed by atoms with Crippen LogP contribution in [0.2, 0.25) is 0 Å². The second-order valence-corrected chi connectivity index (χ2v) is 43.4. The van der Waals surface area contributed by atoms with Gasteiger partial charge in [-0.2, -0.15) is 43.2 Å². The number of hydrogen-bond acceptors (Lipinski definition) is 12. The van der Waals surface area contributed by atoms with Crippen molar-refractivity contribution in [2.24, 2.45) is 30.0 Å². The second-order valence-electron chi connectivity index (χ2n) is 31.7. The standard InChI is InChI=1S/C22H32NOP.C18H20NOP.C16H22NOP.2C12H16NOP.C10H10NO.2C4H9.Pt/c1-17-23-21(16-24-17)20-14-8-9-15-22(20)25(18-10-4-2-5-11-18)19-12-6-3-7-13-19;1-12-8-13(2)10-15(9-12)21-18-7-5-4-6-16(18)17-11-20-14(3)19-17;1-11-8-9-12(2)19(11)16-7-5-4-6-14(16)15-10-18-13(3)17-15;2*1-9-13-11(8-14-9)10-6-4-5-7-12(10)15(2)3;1-8-11-10(7-12-8)9-5-3-2-4-6-9;2*1-3-4-2;/h8-9,14-15,18-19,21H,2-7,10-13,16H2,1H3;4-10,17,21H,11H2,1-3H3;4-7,11-12,15H,8-10H2,1-3H3;2*4-7,11H,8H2,1-3H3;2-5,10H,7H2,1H3;2*1,3-4H2,2H3;/q;;;;;3*-1;/t21-;17-;11-,12-,15-;2*11-;10-;;;/m111111.../s1. The number of aliphatic imine (C=N–C) groups is 6. The van der Waals surface area contributed by atoms with Crippen LogP contribution in [0.4, 0.5) is 0 Å². The van der Waals surface area contributed by atoms with Crippen molar-refractivity contribution < 1.29 is 49.5 Å². The minimum Gasteiger partial charge on any atom is -0.479 e. The average Bonchev–Trinajstić information content (AvgIpc) is 1.46. The van der Waals surface area contributed by atoms with Gasteiger partial charge in [-0.15, -0.1) is 5.56 Å². The Bertz CT molecular complexity index is 4180. The van der Waals surface area contributed by atoms with Crippen molar-refractivity contribution in [1.82, 2.24) is 0 Å². The van der Waals surface area contributed by atoms with E-state index >= 15 is 0 Å². The fourth-order valence-electron chi connectivity index (χ4n) is 16.1. The summed E-state index contributed by atoms with van der Waals surface area (Å²) in [6, 6.07) is 62.9. The first-order valence-electron chi connectivity index (χ1n) is 42.5. The van der Waals surface area contributed by atoms with Gasteiger partial charge in [-0.25, -0.2) is 30.0 Å². The predicted octanol–water partition coefficient (Wildman–Crippen LogP) is 23.5. The van der Waals surface area contributed by atoms with Gasteiger partial charge in [0.15, 0.2) is 35.4 Å². The molecule has 0 aromatic heterocycles. The summed E-state index contributed by atoms with van der Waals surface area (Å²) in [4.78, 5) is 27.4. The van der Waals surface area contributed by atoms with Crippen LogP contribution in [0.3, 0.4) is 0 Å². The van der Waals surface area contributed by atoms with Crippen LogP contribution in [0.1, 0.15) is 253 Å². The molecule has 9 atom stereocenters. The molecule has 7 aromatic carbocycles. The fourth-order valence-corrected chi connectivity index (χ4v) is 27.3. The van der Waals surface area contributed by atoms with Gasteiger partial charge in [0.1, 0.15) is 69.9 Å². The van der Waals surface area contributed by atoms with Crippen LogP contribution in [0.15, 0.2) is 194 Å². The molecule has 1 unspecified atom stereocenters. The fraction of sp³-hybridized carbons (Fsp3) is 0.490. The molecule has 7 aromatic rings. The van der Waals surface area contributed by atoms with E-state index in [4.69, 9.17) is 33.4 Å². The second kappa shape index (κ2) is 50.4. The van der Waals surface area contributed by atoms with Crippen LogP contribution in [0.5, 0.6) is 0 Å². The summed E-state index contributed by atoms with van der Waals surface area (Å²) >= 11 is 0. The zero-order chi connectivity index (χ0) is 82.2. The summed E-state index contributed by atoms with van der Waals surface area (Å²) in [5.74, 6) is 4.89. The molecule has 630 valence electrons. The van der Waals surface area contributed by atoms with Crippen molar-refractivity contribution in [3.05, 3.63) is 228 Å². The number of rotatable bonds is 16. The number of unbranched alkanes of at least 4 members (excludes halogenated alkanes) is 2. The maximum atomic E-state index is 5.70. The zero-order valence-electron chi connectivity index (χ0n) is 72.6. The maximum absolute atomic E-state index is 5.70. The molecular formula is C98H134N6O6P5Pt-3. The molecule has 12 nitrogen and oxygen atoms in total. The Morgan fingerprint density at radius 1 is 0.397 bits per heavy atom. The van der Waals surface area contributed by atoms with Crippen LogP contribution in [-0.2, 0) is 49.5 Å². The molecule has 7 heterocycles. The summed E-state index contributed by atoms with van der Waals surface area (Å²) in [7, 11) is 0.412. The van der Waals surface area contributed by atoms with E-state index in [9.17, 15) is 0 Å². The first-order valence-corrected chi connectivity index (χ1v) is 50.9. The van der Waals surface area contributed by atoms with Crippen LogP contribution >= 0.6 is 40.3 Å². The minimum atomic E-state index is -0.0716. The molecule has 0 bridgehead atoms. The number of benzene rings is 7. The number of hydrogen-bond donors (Lipinski definition) is 0.